The maximum Gasteiger partial charge on any atom is 0.328 e. The Morgan fingerprint density at radius 3 is 2.63 bits per heavy atom. The minimum atomic E-state index is -1.72. The first-order valence-electron chi connectivity index (χ1n) is 6.21. The van der Waals surface area contributed by atoms with E-state index in [0.29, 0.717) is 5.75 Å². The number of halogens is 1. The maximum absolute atomic E-state index is 14.0. The number of hydrogen-bond acceptors (Lipinski definition) is 3. The highest BCUT2D eigenvalue weighted by Crippen LogP contribution is 2.31. The molecule has 0 radical (unpaired) electrons. The van der Waals surface area contributed by atoms with Crippen LogP contribution in [-0.4, -0.2) is 18.2 Å². The molecule has 0 saturated carbocycles. The number of benzene rings is 1. The van der Waals surface area contributed by atoms with Crippen LogP contribution in [0.1, 0.15) is 32.3 Å². The summed E-state index contributed by atoms with van der Waals surface area (Å²) in [5.41, 5.74) is 4.22. The Kier molecular flexibility index (Phi) is 4.89. The van der Waals surface area contributed by atoms with Crippen LogP contribution >= 0.6 is 0 Å². The summed E-state index contributed by atoms with van der Waals surface area (Å²) in [6.07, 6.45) is 0.964. The van der Waals surface area contributed by atoms with Crippen LogP contribution in [0.5, 0.6) is 5.75 Å². The van der Waals surface area contributed by atoms with Gasteiger partial charge in [0.25, 0.3) is 0 Å². The molecule has 0 amide bonds. The quantitative estimate of drug-likeness (QED) is 0.832. The molecule has 2 atom stereocenters. The van der Waals surface area contributed by atoms with Crippen LogP contribution in [0.15, 0.2) is 18.2 Å². The first-order valence-corrected chi connectivity index (χ1v) is 6.21. The van der Waals surface area contributed by atoms with E-state index in [-0.39, 0.29) is 17.9 Å². The number of hydrogen-bond donors (Lipinski definition) is 2. The molecule has 0 spiro atoms. The first-order chi connectivity index (χ1) is 8.85. The van der Waals surface area contributed by atoms with Crippen LogP contribution in [-0.2, 0) is 10.3 Å². The second kappa shape index (κ2) is 6.02. The van der Waals surface area contributed by atoms with Gasteiger partial charge in [0.2, 0.25) is 0 Å². The molecule has 4 nitrogen and oxygen atoms in total. The Bertz CT molecular complexity index is 464. The normalized spacial score (nSPS) is 15.6. The summed E-state index contributed by atoms with van der Waals surface area (Å²) < 4.78 is 18.9. The molecule has 5 heteroatoms. The predicted octanol–water partition coefficient (Wildman–Crippen LogP) is 2.51. The summed E-state index contributed by atoms with van der Waals surface area (Å²) in [7, 11) is 1.42. The number of methoxy groups -OCH3 is 1. The van der Waals surface area contributed by atoms with Gasteiger partial charge in [-0.05, 0) is 24.5 Å². The van der Waals surface area contributed by atoms with Crippen LogP contribution in [0, 0.1) is 11.7 Å². The average Bonchev–Trinajstić information content (AvgIpc) is 2.37. The Labute approximate surface area is 112 Å². The maximum atomic E-state index is 14.0. The summed E-state index contributed by atoms with van der Waals surface area (Å²) >= 11 is 0. The zero-order chi connectivity index (χ0) is 14.6. The standard InChI is InChI=1S/C14H20FNO3/c1-4-9(2)8-14(16,13(17)18)11-6-5-10(19-3)7-12(11)15/h5-7,9H,4,8,16H2,1-3H3,(H,17,18). The van der Waals surface area contributed by atoms with E-state index < -0.39 is 17.3 Å². The molecular weight excluding hydrogens is 249 g/mol. The van der Waals surface area contributed by atoms with Crippen molar-refractivity contribution in [1.29, 1.82) is 0 Å². The van der Waals surface area contributed by atoms with E-state index in [9.17, 15) is 14.3 Å². The van der Waals surface area contributed by atoms with Gasteiger partial charge in [0.15, 0.2) is 0 Å². The SMILES string of the molecule is CCC(C)CC(N)(C(=O)O)c1ccc(OC)cc1F. The van der Waals surface area contributed by atoms with Crippen LogP contribution in [0.2, 0.25) is 0 Å². The zero-order valence-corrected chi connectivity index (χ0v) is 11.4. The second-order valence-electron chi connectivity index (χ2n) is 4.84. The van der Waals surface area contributed by atoms with E-state index in [0.717, 1.165) is 12.5 Å². The highest BCUT2D eigenvalue weighted by molar-refractivity contribution is 5.80. The van der Waals surface area contributed by atoms with E-state index in [4.69, 9.17) is 10.5 Å². The molecule has 106 valence electrons. The van der Waals surface area contributed by atoms with Gasteiger partial charge >= 0.3 is 5.97 Å². The summed E-state index contributed by atoms with van der Waals surface area (Å²) in [5, 5.41) is 9.36. The highest BCUT2D eigenvalue weighted by atomic mass is 19.1. The van der Waals surface area contributed by atoms with Crippen molar-refractivity contribution in [3.8, 4) is 5.75 Å². The van der Waals surface area contributed by atoms with E-state index in [1.54, 1.807) is 0 Å². The topological polar surface area (TPSA) is 72.6 Å². The lowest BCUT2D eigenvalue weighted by atomic mass is 9.81. The van der Waals surface area contributed by atoms with E-state index >= 15 is 0 Å². The van der Waals surface area contributed by atoms with Crippen molar-refractivity contribution < 1.29 is 19.0 Å². The van der Waals surface area contributed by atoms with Crippen molar-refractivity contribution in [3.63, 3.8) is 0 Å². The molecule has 3 N–H and O–H groups in total. The predicted molar refractivity (Wildman–Crippen MR) is 70.5 cm³/mol. The van der Waals surface area contributed by atoms with E-state index in [1.807, 2.05) is 13.8 Å². The highest BCUT2D eigenvalue weighted by Gasteiger charge is 2.39. The fraction of sp³-hybridized carbons (Fsp3) is 0.500. The minimum absolute atomic E-state index is 0.0129. The van der Waals surface area contributed by atoms with Crippen molar-refractivity contribution in [2.45, 2.75) is 32.2 Å². The molecular formula is C14H20FNO3. The number of carboxylic acid groups (broad SMARTS) is 1. The third-order valence-corrected chi connectivity index (χ3v) is 3.41. The fourth-order valence-corrected chi connectivity index (χ4v) is 1.99. The molecule has 2 unspecified atom stereocenters. The Morgan fingerprint density at radius 2 is 2.21 bits per heavy atom. The second-order valence-corrected chi connectivity index (χ2v) is 4.84. The summed E-state index contributed by atoms with van der Waals surface area (Å²) in [6, 6.07) is 4.04. The lowest BCUT2D eigenvalue weighted by molar-refractivity contribution is -0.144. The number of aliphatic carboxylic acids is 1. The molecule has 0 fully saturated rings. The Morgan fingerprint density at radius 1 is 1.58 bits per heavy atom. The molecule has 19 heavy (non-hydrogen) atoms. The van der Waals surface area contributed by atoms with Crippen molar-refractivity contribution in [3.05, 3.63) is 29.6 Å². The van der Waals surface area contributed by atoms with Gasteiger partial charge in [-0.3, -0.25) is 0 Å². The largest absolute Gasteiger partial charge is 0.497 e. The molecule has 0 aliphatic rings. The van der Waals surface area contributed by atoms with Crippen LogP contribution in [0.3, 0.4) is 0 Å². The zero-order valence-electron chi connectivity index (χ0n) is 11.4. The molecule has 1 aromatic carbocycles. The lowest BCUT2D eigenvalue weighted by Crippen LogP contribution is -2.46. The van der Waals surface area contributed by atoms with Crippen molar-refractivity contribution >= 4 is 5.97 Å². The number of carboxylic acids is 1. The number of ether oxygens (including phenoxy) is 1. The molecule has 1 rings (SSSR count). The van der Waals surface area contributed by atoms with E-state index in [2.05, 4.69) is 0 Å². The van der Waals surface area contributed by atoms with Gasteiger partial charge in [0.05, 0.1) is 7.11 Å². The number of nitrogens with two attached hydrogens (primary N) is 1. The Balaban J connectivity index is 3.22. The summed E-state index contributed by atoms with van der Waals surface area (Å²) in [5.74, 6) is -1.47. The van der Waals surface area contributed by atoms with Crippen LogP contribution < -0.4 is 10.5 Å². The monoisotopic (exact) mass is 269 g/mol. The number of rotatable bonds is 6. The van der Waals surface area contributed by atoms with Gasteiger partial charge in [-0.15, -0.1) is 0 Å². The number of carbonyl (C=O) groups is 1. The Hall–Kier alpha value is -1.62. The molecule has 0 aliphatic carbocycles. The minimum Gasteiger partial charge on any atom is -0.497 e. The fourth-order valence-electron chi connectivity index (χ4n) is 1.99. The van der Waals surface area contributed by atoms with Crippen LogP contribution in [0.25, 0.3) is 0 Å². The lowest BCUT2D eigenvalue weighted by Gasteiger charge is -2.28. The van der Waals surface area contributed by atoms with Crippen LogP contribution in [0.4, 0.5) is 4.39 Å². The molecule has 0 aromatic heterocycles. The average molecular weight is 269 g/mol. The third kappa shape index (κ3) is 3.23. The van der Waals surface area contributed by atoms with E-state index in [1.165, 1.54) is 19.2 Å². The molecule has 0 heterocycles. The van der Waals surface area contributed by atoms with Crippen molar-refractivity contribution in [2.24, 2.45) is 11.7 Å². The molecule has 0 bridgehead atoms. The van der Waals surface area contributed by atoms with Crippen molar-refractivity contribution in [1.82, 2.24) is 0 Å². The van der Waals surface area contributed by atoms with Crippen molar-refractivity contribution in [2.75, 3.05) is 7.11 Å². The molecule has 1 aromatic rings. The molecule has 0 saturated heterocycles. The first kappa shape index (κ1) is 15.4. The molecule has 0 aliphatic heterocycles. The van der Waals surface area contributed by atoms with Gasteiger partial charge in [0, 0.05) is 11.6 Å². The van der Waals surface area contributed by atoms with Gasteiger partial charge in [0.1, 0.15) is 17.1 Å². The third-order valence-electron chi connectivity index (χ3n) is 3.41. The smallest absolute Gasteiger partial charge is 0.328 e. The van der Waals surface area contributed by atoms with Gasteiger partial charge in [-0.1, -0.05) is 20.3 Å². The van der Waals surface area contributed by atoms with Gasteiger partial charge in [-0.2, -0.15) is 0 Å². The summed E-state index contributed by atoms with van der Waals surface area (Å²) in [4.78, 5) is 11.5. The van der Waals surface area contributed by atoms with Gasteiger partial charge < -0.3 is 15.6 Å². The summed E-state index contributed by atoms with van der Waals surface area (Å²) in [6.45, 7) is 3.84. The van der Waals surface area contributed by atoms with Gasteiger partial charge in [-0.25, -0.2) is 9.18 Å².